The summed E-state index contributed by atoms with van der Waals surface area (Å²) < 4.78 is 5.39. The Morgan fingerprint density at radius 2 is 2.16 bits per heavy atom. The Balaban J connectivity index is 2.26. The van der Waals surface area contributed by atoms with Gasteiger partial charge in [0, 0.05) is 23.9 Å². The number of pyridine rings is 1. The molecule has 0 aliphatic rings. The number of ether oxygens (including phenoxy) is 1. The van der Waals surface area contributed by atoms with Crippen LogP contribution in [0.4, 0.5) is 5.69 Å². The first-order chi connectivity index (χ1) is 9.06. The third-order valence-corrected chi connectivity index (χ3v) is 2.30. The van der Waals surface area contributed by atoms with Gasteiger partial charge in [-0.05, 0) is 12.1 Å². The van der Waals surface area contributed by atoms with Crippen molar-refractivity contribution < 1.29 is 9.66 Å². The molecule has 1 aromatic heterocycles. The summed E-state index contributed by atoms with van der Waals surface area (Å²) in [7, 11) is 0. The molecule has 19 heavy (non-hydrogen) atoms. The normalized spacial score (nSPS) is 9.89. The minimum atomic E-state index is -0.508. The number of aromatic nitrogens is 1. The van der Waals surface area contributed by atoms with Crippen molar-refractivity contribution in [3.05, 3.63) is 58.3 Å². The number of benzene rings is 1. The average Bonchev–Trinajstić information content (AvgIpc) is 2.39. The average molecular weight is 258 g/mol. The summed E-state index contributed by atoms with van der Waals surface area (Å²) in [6.45, 7) is 0. The molecular formula is C12H10N4O3. The Morgan fingerprint density at radius 3 is 2.84 bits per heavy atom. The monoisotopic (exact) mass is 258 g/mol. The van der Waals surface area contributed by atoms with Gasteiger partial charge in [0.05, 0.1) is 11.0 Å². The van der Waals surface area contributed by atoms with Crippen LogP contribution in [0.15, 0.2) is 42.6 Å². The molecule has 1 aromatic carbocycles. The highest BCUT2D eigenvalue weighted by Gasteiger charge is 2.08. The Kier molecular flexibility index (Phi) is 3.37. The van der Waals surface area contributed by atoms with Crippen molar-refractivity contribution >= 4 is 11.5 Å². The lowest BCUT2D eigenvalue weighted by Gasteiger charge is -2.05. The molecule has 7 nitrogen and oxygen atoms in total. The summed E-state index contributed by atoms with van der Waals surface area (Å²) in [5.41, 5.74) is 5.75. The molecule has 96 valence electrons. The van der Waals surface area contributed by atoms with E-state index in [2.05, 4.69) is 4.98 Å². The second-order valence-corrected chi connectivity index (χ2v) is 3.65. The van der Waals surface area contributed by atoms with Gasteiger partial charge in [0.25, 0.3) is 5.69 Å². The van der Waals surface area contributed by atoms with Crippen molar-refractivity contribution in [2.24, 2.45) is 5.73 Å². The number of nitrogens with one attached hydrogen (secondary N) is 1. The fourth-order valence-electron chi connectivity index (χ4n) is 1.41. The molecule has 0 radical (unpaired) electrons. The first-order valence-corrected chi connectivity index (χ1v) is 5.29. The summed E-state index contributed by atoms with van der Waals surface area (Å²) in [5.74, 6) is 0.405. The Bertz CT molecular complexity index is 587. The number of hydrogen-bond donors (Lipinski definition) is 2. The fourth-order valence-corrected chi connectivity index (χ4v) is 1.41. The lowest BCUT2D eigenvalue weighted by Crippen LogP contribution is -2.11. The molecular weight excluding hydrogens is 248 g/mol. The third kappa shape index (κ3) is 3.03. The molecule has 0 unspecified atom stereocenters. The molecule has 2 aromatic rings. The SMILES string of the molecule is N=C(N)c1ccnc(Oc2cccc([N+](=O)[O-])c2)c1. The standard InChI is InChI=1S/C12H10N4O3/c13-12(14)8-4-5-15-11(6-8)19-10-3-1-2-9(7-10)16(17)18/h1-7H,(H3,13,14). The first kappa shape index (κ1) is 12.5. The quantitative estimate of drug-likeness (QED) is 0.377. The lowest BCUT2D eigenvalue weighted by molar-refractivity contribution is -0.384. The van der Waals surface area contributed by atoms with E-state index in [-0.39, 0.29) is 17.4 Å². The molecule has 0 saturated carbocycles. The van der Waals surface area contributed by atoms with E-state index in [1.54, 1.807) is 12.1 Å². The predicted molar refractivity (Wildman–Crippen MR) is 68.4 cm³/mol. The maximum Gasteiger partial charge on any atom is 0.273 e. The van der Waals surface area contributed by atoms with E-state index in [1.165, 1.54) is 30.5 Å². The van der Waals surface area contributed by atoms with Crippen LogP contribution in [0.2, 0.25) is 0 Å². The summed E-state index contributed by atoms with van der Waals surface area (Å²) in [5, 5.41) is 17.9. The van der Waals surface area contributed by atoms with Gasteiger partial charge < -0.3 is 10.5 Å². The minimum absolute atomic E-state index is 0.0692. The number of nitrogen functional groups attached to an aromatic ring is 1. The molecule has 7 heteroatoms. The van der Waals surface area contributed by atoms with Crippen molar-refractivity contribution in [1.82, 2.24) is 4.98 Å². The van der Waals surface area contributed by atoms with Crippen LogP contribution in [-0.4, -0.2) is 15.7 Å². The van der Waals surface area contributed by atoms with E-state index in [0.29, 0.717) is 11.3 Å². The van der Waals surface area contributed by atoms with Crippen LogP contribution in [0.5, 0.6) is 11.6 Å². The molecule has 0 saturated heterocycles. The smallest absolute Gasteiger partial charge is 0.273 e. The number of nitrogens with zero attached hydrogens (tertiary/aromatic N) is 2. The van der Waals surface area contributed by atoms with Crippen molar-refractivity contribution in [2.45, 2.75) is 0 Å². The maximum atomic E-state index is 10.6. The Morgan fingerprint density at radius 1 is 1.37 bits per heavy atom. The zero-order chi connectivity index (χ0) is 13.8. The van der Waals surface area contributed by atoms with Gasteiger partial charge in [-0.1, -0.05) is 6.07 Å². The minimum Gasteiger partial charge on any atom is -0.439 e. The van der Waals surface area contributed by atoms with Crippen LogP contribution in [0, 0.1) is 15.5 Å². The van der Waals surface area contributed by atoms with Crippen molar-refractivity contribution in [1.29, 1.82) is 5.41 Å². The molecule has 0 aliphatic carbocycles. The molecule has 2 rings (SSSR count). The van der Waals surface area contributed by atoms with Crippen molar-refractivity contribution in [2.75, 3.05) is 0 Å². The number of nitro groups is 1. The number of amidine groups is 1. The van der Waals surface area contributed by atoms with Crippen LogP contribution in [0.25, 0.3) is 0 Å². The first-order valence-electron chi connectivity index (χ1n) is 5.29. The van der Waals surface area contributed by atoms with E-state index >= 15 is 0 Å². The molecule has 0 atom stereocenters. The van der Waals surface area contributed by atoms with E-state index in [1.807, 2.05) is 0 Å². The van der Waals surface area contributed by atoms with E-state index in [9.17, 15) is 10.1 Å². The van der Waals surface area contributed by atoms with Gasteiger partial charge in [0.2, 0.25) is 5.88 Å². The maximum absolute atomic E-state index is 10.6. The number of nitro benzene ring substituents is 1. The van der Waals surface area contributed by atoms with Crippen LogP contribution < -0.4 is 10.5 Å². The van der Waals surface area contributed by atoms with E-state index < -0.39 is 4.92 Å². The van der Waals surface area contributed by atoms with Gasteiger partial charge in [-0.3, -0.25) is 15.5 Å². The van der Waals surface area contributed by atoms with Crippen molar-refractivity contribution in [3.8, 4) is 11.6 Å². The molecule has 1 heterocycles. The van der Waals surface area contributed by atoms with E-state index in [4.69, 9.17) is 15.9 Å². The largest absolute Gasteiger partial charge is 0.439 e. The highest BCUT2D eigenvalue weighted by molar-refractivity contribution is 5.95. The van der Waals surface area contributed by atoms with Gasteiger partial charge in [-0.25, -0.2) is 4.98 Å². The molecule has 0 fully saturated rings. The Labute approximate surface area is 108 Å². The molecule has 0 aliphatic heterocycles. The van der Waals surface area contributed by atoms with Crippen LogP contribution in [0.1, 0.15) is 5.56 Å². The molecule has 0 spiro atoms. The van der Waals surface area contributed by atoms with Gasteiger partial charge in [0.1, 0.15) is 11.6 Å². The summed E-state index contributed by atoms with van der Waals surface area (Å²) in [6, 6.07) is 8.82. The van der Waals surface area contributed by atoms with Crippen LogP contribution in [0.3, 0.4) is 0 Å². The number of non-ortho nitro benzene ring substituents is 1. The van der Waals surface area contributed by atoms with Gasteiger partial charge >= 0.3 is 0 Å². The fraction of sp³-hybridized carbons (Fsp3) is 0. The van der Waals surface area contributed by atoms with Crippen LogP contribution >= 0.6 is 0 Å². The second kappa shape index (κ2) is 5.13. The Hall–Kier alpha value is -2.96. The molecule has 3 N–H and O–H groups in total. The van der Waals surface area contributed by atoms with Gasteiger partial charge in [-0.2, -0.15) is 0 Å². The second-order valence-electron chi connectivity index (χ2n) is 3.65. The zero-order valence-corrected chi connectivity index (χ0v) is 9.74. The molecule has 0 bridgehead atoms. The topological polar surface area (TPSA) is 115 Å². The van der Waals surface area contributed by atoms with Crippen molar-refractivity contribution in [3.63, 3.8) is 0 Å². The highest BCUT2D eigenvalue weighted by atomic mass is 16.6. The van der Waals surface area contributed by atoms with E-state index in [0.717, 1.165) is 0 Å². The zero-order valence-electron chi connectivity index (χ0n) is 9.74. The highest BCUT2D eigenvalue weighted by Crippen LogP contribution is 2.24. The molecule has 0 amide bonds. The number of nitrogens with two attached hydrogens (primary N) is 1. The van der Waals surface area contributed by atoms with Gasteiger partial charge in [0.15, 0.2) is 0 Å². The summed E-state index contributed by atoms with van der Waals surface area (Å²) in [4.78, 5) is 14.1. The summed E-state index contributed by atoms with van der Waals surface area (Å²) >= 11 is 0. The van der Waals surface area contributed by atoms with Crippen LogP contribution in [-0.2, 0) is 0 Å². The number of hydrogen-bond acceptors (Lipinski definition) is 5. The lowest BCUT2D eigenvalue weighted by atomic mass is 10.2. The number of rotatable bonds is 4. The summed E-state index contributed by atoms with van der Waals surface area (Å²) in [6.07, 6.45) is 1.45. The van der Waals surface area contributed by atoms with Gasteiger partial charge in [-0.15, -0.1) is 0 Å². The third-order valence-electron chi connectivity index (χ3n) is 2.30. The predicted octanol–water partition coefficient (Wildman–Crippen LogP) is 2.07.